The molecule has 15 heavy (non-hydrogen) atoms. The Hall–Kier alpha value is -1.29. The van der Waals surface area contributed by atoms with E-state index in [2.05, 4.69) is 4.74 Å². The molecule has 0 aliphatic heterocycles. The van der Waals surface area contributed by atoms with Gasteiger partial charge in [-0.1, -0.05) is 37.3 Å². The monoisotopic (exact) mass is 214 g/mol. The summed E-state index contributed by atoms with van der Waals surface area (Å²) >= 11 is 0. The van der Waals surface area contributed by atoms with Crippen LogP contribution >= 0.6 is 0 Å². The van der Waals surface area contributed by atoms with Crippen molar-refractivity contribution in [1.29, 1.82) is 0 Å². The summed E-state index contributed by atoms with van der Waals surface area (Å²) in [5.74, 6) is -0.404. The molecular formula is C11H12F2O2. The molecule has 0 bridgehead atoms. The van der Waals surface area contributed by atoms with Gasteiger partial charge in [-0.3, -0.25) is 4.79 Å². The fourth-order valence-electron chi connectivity index (χ4n) is 1.26. The maximum atomic E-state index is 12.0. The van der Waals surface area contributed by atoms with Gasteiger partial charge in [0.15, 0.2) is 5.78 Å². The molecule has 0 heterocycles. The van der Waals surface area contributed by atoms with Gasteiger partial charge in [0, 0.05) is 5.56 Å². The Labute approximate surface area is 86.9 Å². The summed E-state index contributed by atoms with van der Waals surface area (Å²) in [7, 11) is 0. The highest BCUT2D eigenvalue weighted by atomic mass is 19.3. The van der Waals surface area contributed by atoms with Crippen LogP contribution in [0.1, 0.15) is 23.7 Å². The SMILES string of the molecule is CCC(OC(F)F)C(=O)c1ccccc1. The predicted molar refractivity (Wildman–Crippen MR) is 51.9 cm³/mol. The number of ketones is 1. The highest BCUT2D eigenvalue weighted by Crippen LogP contribution is 2.12. The highest BCUT2D eigenvalue weighted by Gasteiger charge is 2.22. The van der Waals surface area contributed by atoms with Gasteiger partial charge in [-0.2, -0.15) is 8.78 Å². The largest absolute Gasteiger partial charge is 0.346 e. The number of hydrogen-bond acceptors (Lipinski definition) is 2. The molecule has 0 amide bonds. The standard InChI is InChI=1S/C11H12F2O2/c1-2-9(15-11(12)13)10(14)8-6-4-3-5-7-8/h3-7,9,11H,2H2,1H3. The van der Waals surface area contributed by atoms with Crippen LogP contribution in [0.2, 0.25) is 0 Å². The van der Waals surface area contributed by atoms with Gasteiger partial charge in [0.2, 0.25) is 0 Å². The number of carbonyl (C=O) groups is 1. The van der Waals surface area contributed by atoms with E-state index in [9.17, 15) is 13.6 Å². The lowest BCUT2D eigenvalue weighted by atomic mass is 10.0. The number of ether oxygens (including phenoxy) is 1. The van der Waals surface area contributed by atoms with Crippen LogP contribution in [0.5, 0.6) is 0 Å². The Morgan fingerprint density at radius 2 is 1.93 bits per heavy atom. The third-order valence-corrected chi connectivity index (χ3v) is 1.99. The zero-order valence-electron chi connectivity index (χ0n) is 8.32. The number of carbonyl (C=O) groups excluding carboxylic acids is 1. The van der Waals surface area contributed by atoms with Gasteiger partial charge < -0.3 is 4.74 Å². The first kappa shape index (κ1) is 11.8. The van der Waals surface area contributed by atoms with Crippen LogP contribution in [0.25, 0.3) is 0 Å². The van der Waals surface area contributed by atoms with Crippen molar-refractivity contribution >= 4 is 5.78 Å². The third-order valence-electron chi connectivity index (χ3n) is 1.99. The van der Waals surface area contributed by atoms with Crippen LogP contribution in [0.3, 0.4) is 0 Å². The summed E-state index contributed by atoms with van der Waals surface area (Å²) in [4.78, 5) is 11.7. The highest BCUT2D eigenvalue weighted by molar-refractivity contribution is 5.99. The Bertz CT molecular complexity index is 312. The Morgan fingerprint density at radius 1 is 1.33 bits per heavy atom. The fourth-order valence-corrected chi connectivity index (χ4v) is 1.26. The van der Waals surface area contributed by atoms with E-state index in [1.54, 1.807) is 37.3 Å². The van der Waals surface area contributed by atoms with Crippen molar-refractivity contribution < 1.29 is 18.3 Å². The molecule has 1 atom stereocenters. The first-order valence-corrected chi connectivity index (χ1v) is 4.68. The molecule has 1 aromatic rings. The summed E-state index contributed by atoms with van der Waals surface area (Å²) in [6.07, 6.45) is -0.828. The number of rotatable bonds is 5. The summed E-state index contributed by atoms with van der Waals surface area (Å²) in [5.41, 5.74) is 0.394. The number of halogens is 2. The van der Waals surface area contributed by atoms with Crippen LogP contribution in [0.15, 0.2) is 30.3 Å². The van der Waals surface area contributed by atoms with E-state index in [1.165, 1.54) is 0 Å². The second-order valence-electron chi connectivity index (χ2n) is 3.02. The summed E-state index contributed by atoms with van der Waals surface area (Å²) in [5, 5.41) is 0. The van der Waals surface area contributed by atoms with Crippen LogP contribution in [0, 0.1) is 0 Å². The molecule has 0 saturated carbocycles. The molecule has 2 nitrogen and oxygen atoms in total. The van der Waals surface area contributed by atoms with Crippen molar-refractivity contribution in [3.8, 4) is 0 Å². The van der Waals surface area contributed by atoms with E-state index in [1.807, 2.05) is 0 Å². The molecule has 82 valence electrons. The first-order valence-electron chi connectivity index (χ1n) is 4.68. The van der Waals surface area contributed by atoms with E-state index in [-0.39, 0.29) is 6.42 Å². The second-order valence-corrected chi connectivity index (χ2v) is 3.02. The molecule has 1 rings (SSSR count). The van der Waals surface area contributed by atoms with Crippen molar-refractivity contribution in [2.24, 2.45) is 0 Å². The first-order chi connectivity index (χ1) is 7.15. The van der Waals surface area contributed by atoms with Gasteiger partial charge in [-0.05, 0) is 6.42 Å². The number of benzene rings is 1. The predicted octanol–water partition coefficient (Wildman–Crippen LogP) is 2.89. The fraction of sp³-hybridized carbons (Fsp3) is 0.364. The van der Waals surface area contributed by atoms with Gasteiger partial charge in [0.05, 0.1) is 0 Å². The lowest BCUT2D eigenvalue weighted by Gasteiger charge is -2.13. The molecule has 1 unspecified atom stereocenters. The molecule has 4 heteroatoms. The molecule has 0 saturated heterocycles. The average Bonchev–Trinajstić information content (AvgIpc) is 2.26. The third kappa shape index (κ3) is 3.40. The zero-order chi connectivity index (χ0) is 11.3. The van der Waals surface area contributed by atoms with Gasteiger partial charge in [0.1, 0.15) is 6.10 Å². The van der Waals surface area contributed by atoms with Crippen molar-refractivity contribution in [2.75, 3.05) is 0 Å². The van der Waals surface area contributed by atoms with E-state index in [0.717, 1.165) is 0 Å². The quantitative estimate of drug-likeness (QED) is 0.704. The molecule has 0 N–H and O–H groups in total. The van der Waals surface area contributed by atoms with Crippen LogP contribution < -0.4 is 0 Å². The maximum Gasteiger partial charge on any atom is 0.346 e. The smallest absolute Gasteiger partial charge is 0.311 e. The zero-order valence-corrected chi connectivity index (χ0v) is 8.32. The van der Waals surface area contributed by atoms with Crippen LogP contribution in [-0.4, -0.2) is 18.5 Å². The van der Waals surface area contributed by atoms with Gasteiger partial charge in [-0.25, -0.2) is 0 Å². The topological polar surface area (TPSA) is 26.3 Å². The molecule has 0 aromatic heterocycles. The van der Waals surface area contributed by atoms with Gasteiger partial charge in [0.25, 0.3) is 0 Å². The van der Waals surface area contributed by atoms with E-state index >= 15 is 0 Å². The Balaban J connectivity index is 2.74. The van der Waals surface area contributed by atoms with Crippen molar-refractivity contribution in [2.45, 2.75) is 26.1 Å². The van der Waals surface area contributed by atoms with Crippen molar-refractivity contribution in [3.05, 3.63) is 35.9 Å². The number of alkyl halides is 2. The maximum absolute atomic E-state index is 12.0. The molecule has 0 spiro atoms. The van der Waals surface area contributed by atoms with Crippen molar-refractivity contribution in [3.63, 3.8) is 0 Å². The Kier molecular flexibility index (Phi) is 4.37. The minimum absolute atomic E-state index is 0.234. The minimum Gasteiger partial charge on any atom is -0.311 e. The van der Waals surface area contributed by atoms with E-state index < -0.39 is 18.5 Å². The lowest BCUT2D eigenvalue weighted by Crippen LogP contribution is -2.25. The lowest BCUT2D eigenvalue weighted by molar-refractivity contribution is -0.150. The van der Waals surface area contributed by atoms with Gasteiger partial charge >= 0.3 is 6.61 Å². The van der Waals surface area contributed by atoms with E-state index in [4.69, 9.17) is 0 Å². The minimum atomic E-state index is -2.91. The molecular weight excluding hydrogens is 202 g/mol. The summed E-state index contributed by atoms with van der Waals surface area (Å²) in [6.45, 7) is -1.28. The molecule has 0 fully saturated rings. The number of hydrogen-bond donors (Lipinski definition) is 0. The summed E-state index contributed by atoms with van der Waals surface area (Å²) in [6, 6.07) is 8.29. The van der Waals surface area contributed by atoms with Crippen LogP contribution in [0.4, 0.5) is 8.78 Å². The Morgan fingerprint density at radius 3 is 2.40 bits per heavy atom. The molecule has 0 aliphatic rings. The molecule has 0 radical (unpaired) electrons. The normalized spacial score (nSPS) is 12.8. The van der Waals surface area contributed by atoms with Crippen LogP contribution in [-0.2, 0) is 4.74 Å². The molecule has 0 aliphatic carbocycles. The summed E-state index contributed by atoms with van der Waals surface area (Å²) < 4.78 is 28.2. The number of Topliss-reactive ketones (excluding diaryl/α,β-unsaturated/α-hetero) is 1. The van der Waals surface area contributed by atoms with Crippen molar-refractivity contribution in [1.82, 2.24) is 0 Å². The average molecular weight is 214 g/mol. The molecule has 1 aromatic carbocycles. The second kappa shape index (κ2) is 5.56. The van der Waals surface area contributed by atoms with Gasteiger partial charge in [-0.15, -0.1) is 0 Å². The van der Waals surface area contributed by atoms with E-state index in [0.29, 0.717) is 5.56 Å².